The molecule has 1 aromatic carbocycles. The molecule has 0 heterocycles. The number of nitrogens with one attached hydrogen (secondary N) is 3. The summed E-state index contributed by atoms with van der Waals surface area (Å²) in [6.07, 6.45) is 0.237. The largest absolute Gasteiger partial charge is 0.465 e. The Morgan fingerprint density at radius 2 is 1.62 bits per heavy atom. The Kier molecular flexibility index (Phi) is 13.2. The van der Waals surface area contributed by atoms with Gasteiger partial charge in [0.2, 0.25) is 17.7 Å². The molecule has 11 heteroatoms. The number of hydrogen-bond acceptors (Lipinski definition) is 6. The molecular weight excluding hydrogens is 459 g/mol. The van der Waals surface area contributed by atoms with Gasteiger partial charge in [0.05, 0.1) is 13.2 Å². The van der Waals surface area contributed by atoms with Gasteiger partial charge in [-0.25, -0.2) is 0 Å². The van der Waals surface area contributed by atoms with E-state index < -0.39 is 23.8 Å². The van der Waals surface area contributed by atoms with Crippen LogP contribution in [0.3, 0.4) is 0 Å². The van der Waals surface area contributed by atoms with Gasteiger partial charge in [-0.2, -0.15) is 0 Å². The fourth-order valence-electron chi connectivity index (χ4n) is 2.84. The van der Waals surface area contributed by atoms with Gasteiger partial charge >= 0.3 is 5.97 Å². The molecule has 0 aliphatic rings. The Labute approximate surface area is 198 Å². The first-order valence-electron chi connectivity index (χ1n) is 10.2. The van der Waals surface area contributed by atoms with Crippen LogP contribution in [-0.2, 0) is 30.3 Å². The van der Waals surface area contributed by atoms with Gasteiger partial charge < -0.3 is 25.6 Å². The van der Waals surface area contributed by atoms with Gasteiger partial charge in [0.25, 0.3) is 0 Å². The van der Waals surface area contributed by atoms with Crippen LogP contribution in [0.1, 0.15) is 19.4 Å². The van der Waals surface area contributed by atoms with Crippen molar-refractivity contribution in [2.24, 2.45) is 0 Å². The van der Waals surface area contributed by atoms with Crippen molar-refractivity contribution in [3.05, 3.63) is 29.8 Å². The summed E-state index contributed by atoms with van der Waals surface area (Å²) in [6, 6.07) is 6.66. The van der Waals surface area contributed by atoms with Crippen LogP contribution >= 0.6 is 23.2 Å². The zero-order valence-corrected chi connectivity index (χ0v) is 19.8. The predicted octanol–water partition coefficient (Wildman–Crippen LogP) is 0.813. The Morgan fingerprint density at radius 3 is 2.16 bits per heavy atom. The van der Waals surface area contributed by atoms with Gasteiger partial charge in [0.15, 0.2) is 0 Å². The number of nitrogens with zero attached hydrogens (tertiary/aromatic N) is 1. The van der Waals surface area contributed by atoms with Crippen molar-refractivity contribution in [3.8, 4) is 0 Å². The number of anilines is 1. The van der Waals surface area contributed by atoms with Crippen LogP contribution in [0.5, 0.6) is 0 Å². The molecule has 0 unspecified atom stereocenters. The summed E-state index contributed by atoms with van der Waals surface area (Å²) in [5, 5.41) is 7.42. The number of carbonyl (C=O) groups is 4. The summed E-state index contributed by atoms with van der Waals surface area (Å²) in [7, 11) is 0. The highest BCUT2D eigenvalue weighted by Crippen LogP contribution is 2.16. The zero-order chi connectivity index (χ0) is 23.9. The first-order chi connectivity index (χ1) is 15.3. The number of hydrogen-bond donors (Lipinski definition) is 3. The number of amides is 3. The molecule has 0 aliphatic carbocycles. The molecule has 178 valence electrons. The van der Waals surface area contributed by atoms with E-state index in [0.29, 0.717) is 24.8 Å². The maximum absolute atomic E-state index is 12.5. The fraction of sp³-hybridized carbons (Fsp3) is 0.524. The van der Waals surface area contributed by atoms with Gasteiger partial charge in [0, 0.05) is 43.9 Å². The van der Waals surface area contributed by atoms with Crippen LogP contribution in [-0.4, -0.2) is 74.3 Å². The van der Waals surface area contributed by atoms with Crippen LogP contribution in [0.4, 0.5) is 5.69 Å². The topological polar surface area (TPSA) is 117 Å². The van der Waals surface area contributed by atoms with E-state index in [0.717, 1.165) is 11.3 Å². The number of carbonyl (C=O) groups excluding carboxylic acids is 4. The second kappa shape index (κ2) is 15.3. The number of ether oxygens (including phenoxy) is 1. The van der Waals surface area contributed by atoms with Crippen molar-refractivity contribution in [1.82, 2.24) is 16.0 Å². The highest BCUT2D eigenvalue weighted by Gasteiger charge is 2.21. The van der Waals surface area contributed by atoms with Crippen LogP contribution in [0.2, 0.25) is 0 Å². The fourth-order valence-corrected chi connectivity index (χ4v) is 3.25. The van der Waals surface area contributed by atoms with E-state index in [1.807, 2.05) is 24.3 Å². The first kappa shape index (κ1) is 27.5. The Hall–Kier alpha value is -2.52. The van der Waals surface area contributed by atoms with Crippen LogP contribution in [0.25, 0.3) is 0 Å². The Balaban J connectivity index is 2.69. The summed E-state index contributed by atoms with van der Waals surface area (Å²) in [5.41, 5.74) is 1.78. The summed E-state index contributed by atoms with van der Waals surface area (Å²) >= 11 is 11.7. The van der Waals surface area contributed by atoms with Crippen molar-refractivity contribution in [2.75, 3.05) is 49.4 Å². The molecule has 9 nitrogen and oxygen atoms in total. The predicted molar refractivity (Wildman–Crippen MR) is 124 cm³/mol. The smallest absolute Gasteiger partial charge is 0.325 e. The van der Waals surface area contributed by atoms with Crippen molar-refractivity contribution in [1.29, 1.82) is 0 Å². The minimum absolute atomic E-state index is 0.211. The molecule has 1 atom stereocenters. The lowest BCUT2D eigenvalue weighted by atomic mass is 10.0. The molecule has 1 rings (SSSR count). The third kappa shape index (κ3) is 10.7. The highest BCUT2D eigenvalue weighted by molar-refractivity contribution is 6.18. The van der Waals surface area contributed by atoms with Gasteiger partial charge in [-0.3, -0.25) is 19.2 Å². The molecule has 0 bridgehead atoms. The van der Waals surface area contributed by atoms with Crippen LogP contribution in [0.15, 0.2) is 24.3 Å². The minimum atomic E-state index is -0.863. The van der Waals surface area contributed by atoms with Crippen LogP contribution < -0.4 is 20.9 Å². The van der Waals surface area contributed by atoms with E-state index in [2.05, 4.69) is 20.9 Å². The molecular formula is C21H30Cl2N4O5. The number of benzene rings is 1. The quantitative estimate of drug-likeness (QED) is 0.263. The van der Waals surface area contributed by atoms with E-state index in [-0.39, 0.29) is 32.0 Å². The van der Waals surface area contributed by atoms with Crippen molar-refractivity contribution >= 4 is 52.6 Å². The maximum atomic E-state index is 12.5. The summed E-state index contributed by atoms with van der Waals surface area (Å²) in [6.45, 7) is 3.87. The highest BCUT2D eigenvalue weighted by atomic mass is 35.5. The lowest BCUT2D eigenvalue weighted by Gasteiger charge is -2.23. The van der Waals surface area contributed by atoms with Gasteiger partial charge in [0.1, 0.15) is 12.6 Å². The van der Waals surface area contributed by atoms with Gasteiger partial charge in [-0.1, -0.05) is 12.1 Å². The van der Waals surface area contributed by atoms with Gasteiger partial charge in [-0.15, -0.1) is 23.2 Å². The molecule has 0 saturated heterocycles. The van der Waals surface area contributed by atoms with Crippen molar-refractivity contribution in [3.63, 3.8) is 0 Å². The Morgan fingerprint density at radius 1 is 1.00 bits per heavy atom. The van der Waals surface area contributed by atoms with E-state index >= 15 is 0 Å². The van der Waals surface area contributed by atoms with E-state index in [1.54, 1.807) is 6.92 Å². The molecule has 0 radical (unpaired) electrons. The van der Waals surface area contributed by atoms with E-state index in [9.17, 15) is 19.2 Å². The maximum Gasteiger partial charge on any atom is 0.325 e. The molecule has 0 fully saturated rings. The first-order valence-corrected chi connectivity index (χ1v) is 11.3. The molecule has 0 aliphatic heterocycles. The number of halogens is 2. The lowest BCUT2D eigenvalue weighted by Crippen LogP contribution is -2.49. The second-order valence-corrected chi connectivity index (χ2v) is 7.54. The molecule has 3 N–H and O–H groups in total. The summed E-state index contributed by atoms with van der Waals surface area (Å²) in [4.78, 5) is 49.2. The van der Waals surface area contributed by atoms with Crippen molar-refractivity contribution in [2.45, 2.75) is 26.3 Å². The van der Waals surface area contributed by atoms with Gasteiger partial charge in [-0.05, 0) is 24.6 Å². The lowest BCUT2D eigenvalue weighted by molar-refractivity contribution is -0.143. The minimum Gasteiger partial charge on any atom is -0.465 e. The second-order valence-electron chi connectivity index (χ2n) is 6.79. The normalized spacial score (nSPS) is 11.2. The average molecular weight is 489 g/mol. The number of rotatable bonds is 14. The Bertz CT molecular complexity index is 755. The summed E-state index contributed by atoms with van der Waals surface area (Å²) < 4.78 is 4.71. The van der Waals surface area contributed by atoms with E-state index in [1.165, 1.54) is 6.92 Å². The average Bonchev–Trinajstić information content (AvgIpc) is 2.76. The number of esters is 1. The molecule has 0 aromatic heterocycles. The standard InChI is InChI=1S/C21H30Cl2N4O5/c1-3-32-20(30)14-24-19(29)13-25-21(31)18(26-15(2)28)12-16-4-6-17(7-5-16)27(10-8-22)11-9-23/h4-7,18H,3,8-14H2,1-2H3,(H,24,29)(H,25,31)(H,26,28)/t18-/m1/s1. The SMILES string of the molecule is CCOC(=O)CNC(=O)CNC(=O)[C@@H](Cc1ccc(N(CCCl)CCCl)cc1)NC(C)=O. The zero-order valence-electron chi connectivity index (χ0n) is 18.3. The molecule has 0 spiro atoms. The summed E-state index contributed by atoms with van der Waals surface area (Å²) in [5.74, 6) is -1.06. The molecule has 1 aromatic rings. The third-order valence-electron chi connectivity index (χ3n) is 4.30. The molecule has 0 saturated carbocycles. The molecule has 3 amide bonds. The molecule has 32 heavy (non-hydrogen) atoms. The van der Waals surface area contributed by atoms with E-state index in [4.69, 9.17) is 27.9 Å². The van der Waals surface area contributed by atoms with Crippen molar-refractivity contribution < 1.29 is 23.9 Å². The van der Waals surface area contributed by atoms with Crippen LogP contribution in [0, 0.1) is 0 Å². The monoisotopic (exact) mass is 488 g/mol. The number of alkyl halides is 2. The third-order valence-corrected chi connectivity index (χ3v) is 4.64.